The van der Waals surface area contributed by atoms with Crippen LogP contribution in [0, 0.1) is 11.8 Å². The van der Waals surface area contributed by atoms with Crippen LogP contribution in [0.5, 0.6) is 0 Å². The molecule has 0 bridgehead atoms. The number of nitrogens with one attached hydrogen (secondary N) is 5. The molecule has 1 rings (SSSR count). The maximum Gasteiger partial charge on any atom is 0.416 e. The van der Waals surface area contributed by atoms with Crippen LogP contribution in [0.2, 0.25) is 0 Å². The van der Waals surface area contributed by atoms with Crippen LogP contribution in [0.3, 0.4) is 0 Å². The van der Waals surface area contributed by atoms with Crippen LogP contribution in [0.25, 0.3) is 0 Å². The van der Waals surface area contributed by atoms with E-state index < -0.39 is 66.5 Å². The largest absolute Gasteiger partial charge is 0.465 e. The van der Waals surface area contributed by atoms with Crippen molar-refractivity contribution in [3.05, 3.63) is 29.3 Å². The topological polar surface area (TPSA) is 169 Å². The maximum atomic E-state index is 13.1. The molecule has 0 heterocycles. The number of aliphatic hydroxyl groups excluding tert-OH is 1. The second kappa shape index (κ2) is 13.0. The van der Waals surface area contributed by atoms with E-state index in [1.54, 1.807) is 13.8 Å². The van der Waals surface area contributed by atoms with Crippen molar-refractivity contribution in [3.8, 4) is 11.8 Å². The van der Waals surface area contributed by atoms with E-state index in [1.807, 2.05) is 5.32 Å². The van der Waals surface area contributed by atoms with Gasteiger partial charge in [0.1, 0.15) is 6.10 Å². The van der Waals surface area contributed by atoms with Crippen LogP contribution >= 0.6 is 0 Å². The number of amides is 5. The number of benzene rings is 1. The van der Waals surface area contributed by atoms with Crippen LogP contribution in [0.15, 0.2) is 18.2 Å². The fraction of sp³-hybridized carbons (Fsp3) is 0.429. The van der Waals surface area contributed by atoms with Gasteiger partial charge < -0.3 is 36.8 Å². The number of hydrogen-bond donors (Lipinski definition) is 7. The highest BCUT2D eigenvalue weighted by atomic mass is 19.4. The minimum atomic E-state index is -4.77. The number of urea groups is 1. The summed E-state index contributed by atoms with van der Waals surface area (Å²) in [6.45, 7) is 3.58. The molecule has 2 atom stereocenters. The summed E-state index contributed by atoms with van der Waals surface area (Å²) in [4.78, 5) is 47.5. The molecule has 0 radical (unpaired) electrons. The summed E-state index contributed by atoms with van der Waals surface area (Å²) in [5.41, 5.74) is -1.93. The molecule has 0 saturated heterocycles. The van der Waals surface area contributed by atoms with Crippen molar-refractivity contribution < 1.29 is 42.6 Å². The lowest BCUT2D eigenvalue weighted by atomic mass is 10.1. The SMILES string of the molecule is CC#C[C@H](O)C(CNC(=O)O)NC(=O)CNC(=O)c1cc(C(F)(F)F)ccc1NC(=O)NC(C)C. The smallest absolute Gasteiger partial charge is 0.416 e. The van der Waals surface area contributed by atoms with E-state index in [9.17, 15) is 37.5 Å². The van der Waals surface area contributed by atoms with Gasteiger partial charge in [-0.1, -0.05) is 5.92 Å². The molecular weight excluding hydrogens is 475 g/mol. The van der Waals surface area contributed by atoms with Crippen LogP contribution in [0.4, 0.5) is 28.4 Å². The Morgan fingerprint density at radius 1 is 1.09 bits per heavy atom. The van der Waals surface area contributed by atoms with Crippen LogP contribution in [-0.2, 0) is 11.0 Å². The summed E-state index contributed by atoms with van der Waals surface area (Å²) in [5.74, 6) is 2.77. The molecule has 1 unspecified atom stereocenters. The van der Waals surface area contributed by atoms with Crippen LogP contribution in [-0.4, -0.2) is 65.4 Å². The monoisotopic (exact) mass is 501 g/mol. The number of anilines is 1. The molecule has 0 aliphatic rings. The molecule has 14 heteroatoms. The number of carbonyl (C=O) groups excluding carboxylic acids is 3. The highest BCUT2D eigenvalue weighted by molar-refractivity contribution is 6.04. The Morgan fingerprint density at radius 2 is 1.74 bits per heavy atom. The second-order valence-electron chi connectivity index (χ2n) is 7.39. The number of carbonyl (C=O) groups is 4. The Hall–Kier alpha value is -3.99. The van der Waals surface area contributed by atoms with Crippen molar-refractivity contribution >= 4 is 29.6 Å². The summed E-state index contributed by atoms with van der Waals surface area (Å²) in [5, 5.41) is 29.8. The fourth-order valence-corrected chi connectivity index (χ4v) is 2.64. The van der Waals surface area contributed by atoms with E-state index in [-0.39, 0.29) is 11.7 Å². The highest BCUT2D eigenvalue weighted by Crippen LogP contribution is 2.32. The molecule has 0 aliphatic carbocycles. The third kappa shape index (κ3) is 10.2. The first-order valence-corrected chi connectivity index (χ1v) is 10.2. The van der Waals surface area contributed by atoms with Gasteiger partial charge in [-0.25, -0.2) is 9.59 Å². The van der Waals surface area contributed by atoms with Gasteiger partial charge in [0, 0.05) is 12.6 Å². The third-order valence-electron chi connectivity index (χ3n) is 4.16. The Bertz CT molecular complexity index is 1000. The predicted octanol–water partition coefficient (Wildman–Crippen LogP) is 1.10. The van der Waals surface area contributed by atoms with Crippen LogP contribution < -0.4 is 26.6 Å². The van der Waals surface area contributed by atoms with Gasteiger partial charge in [-0.15, -0.1) is 5.92 Å². The molecule has 1 aromatic carbocycles. The Morgan fingerprint density at radius 3 is 2.29 bits per heavy atom. The molecule has 0 aliphatic heterocycles. The van der Waals surface area contributed by atoms with Gasteiger partial charge in [0.25, 0.3) is 5.91 Å². The number of rotatable bonds is 9. The lowest BCUT2D eigenvalue weighted by Gasteiger charge is -2.21. The molecule has 0 spiro atoms. The molecule has 0 fully saturated rings. The molecule has 35 heavy (non-hydrogen) atoms. The number of alkyl halides is 3. The van der Waals surface area contributed by atoms with E-state index in [0.717, 1.165) is 6.07 Å². The Kier molecular flexibility index (Phi) is 10.8. The molecule has 11 nitrogen and oxygen atoms in total. The van der Waals surface area contributed by atoms with Crippen molar-refractivity contribution in [2.75, 3.05) is 18.4 Å². The quantitative estimate of drug-likeness (QED) is 0.250. The highest BCUT2D eigenvalue weighted by Gasteiger charge is 2.32. The Labute approximate surface area is 198 Å². The molecule has 192 valence electrons. The van der Waals surface area contributed by atoms with Crippen molar-refractivity contribution in [3.63, 3.8) is 0 Å². The second-order valence-corrected chi connectivity index (χ2v) is 7.39. The average molecular weight is 501 g/mol. The number of halogens is 3. The number of carboxylic acid groups (broad SMARTS) is 1. The standard InChI is InChI=1S/C21H26F3N5O6/c1-4-5-16(30)15(9-26-20(34)35)28-17(31)10-25-18(32)13-8-12(21(22,23)24)6-7-14(13)29-19(33)27-11(2)3/h6-8,11,15-16,26,30H,9-10H2,1-3H3,(H,25,32)(H,28,31)(H,34,35)(H2,27,29,33)/t15?,16-/m0/s1. The fourth-order valence-electron chi connectivity index (χ4n) is 2.64. The van der Waals surface area contributed by atoms with E-state index in [0.29, 0.717) is 12.1 Å². The van der Waals surface area contributed by atoms with Gasteiger partial charge in [0.2, 0.25) is 5.91 Å². The molecule has 0 saturated carbocycles. The van der Waals surface area contributed by atoms with Crippen molar-refractivity contribution in [1.82, 2.24) is 21.3 Å². The van der Waals surface area contributed by atoms with Crippen molar-refractivity contribution in [1.29, 1.82) is 0 Å². The lowest BCUT2D eigenvalue weighted by molar-refractivity contribution is -0.137. The van der Waals surface area contributed by atoms with Gasteiger partial charge in [0.15, 0.2) is 0 Å². The zero-order valence-corrected chi connectivity index (χ0v) is 19.0. The van der Waals surface area contributed by atoms with Gasteiger partial charge in [0.05, 0.1) is 29.4 Å². The predicted molar refractivity (Wildman–Crippen MR) is 118 cm³/mol. The zero-order valence-electron chi connectivity index (χ0n) is 19.0. The van der Waals surface area contributed by atoms with E-state index in [4.69, 9.17) is 5.11 Å². The minimum Gasteiger partial charge on any atom is -0.465 e. The van der Waals surface area contributed by atoms with Gasteiger partial charge in [-0.2, -0.15) is 13.2 Å². The normalized spacial score (nSPS) is 12.5. The molecule has 1 aromatic rings. The molecule has 0 aromatic heterocycles. The van der Waals surface area contributed by atoms with E-state index in [2.05, 4.69) is 33.1 Å². The zero-order chi connectivity index (χ0) is 26.8. The molecule has 7 N–H and O–H groups in total. The Balaban J connectivity index is 3.01. The van der Waals surface area contributed by atoms with Crippen molar-refractivity contribution in [2.24, 2.45) is 0 Å². The first-order chi connectivity index (χ1) is 16.2. The number of aliphatic hydroxyl groups is 1. The van der Waals surface area contributed by atoms with Gasteiger partial charge in [-0.05, 0) is 39.0 Å². The van der Waals surface area contributed by atoms with Crippen LogP contribution in [0.1, 0.15) is 36.7 Å². The van der Waals surface area contributed by atoms with Crippen molar-refractivity contribution in [2.45, 2.75) is 45.1 Å². The molecule has 5 amide bonds. The first-order valence-electron chi connectivity index (χ1n) is 10.2. The summed E-state index contributed by atoms with van der Waals surface area (Å²) in [7, 11) is 0. The first kappa shape index (κ1) is 29.0. The molecular formula is C21H26F3N5O6. The number of hydrogen-bond acceptors (Lipinski definition) is 5. The van der Waals surface area contributed by atoms with E-state index >= 15 is 0 Å². The lowest BCUT2D eigenvalue weighted by Crippen LogP contribution is -2.52. The average Bonchev–Trinajstić information content (AvgIpc) is 2.73. The van der Waals surface area contributed by atoms with Gasteiger partial charge >= 0.3 is 18.3 Å². The minimum absolute atomic E-state index is 0.230. The maximum absolute atomic E-state index is 13.1. The van der Waals surface area contributed by atoms with E-state index in [1.165, 1.54) is 6.92 Å². The third-order valence-corrected chi connectivity index (χ3v) is 4.16. The summed E-state index contributed by atoms with van der Waals surface area (Å²) >= 11 is 0. The summed E-state index contributed by atoms with van der Waals surface area (Å²) in [6.07, 6.45) is -7.63. The summed E-state index contributed by atoms with van der Waals surface area (Å²) in [6, 6.07) is -0.102. The summed E-state index contributed by atoms with van der Waals surface area (Å²) < 4.78 is 39.4. The van der Waals surface area contributed by atoms with Gasteiger partial charge in [-0.3, -0.25) is 9.59 Å².